The molecule has 0 aromatic rings. The first-order chi connectivity index (χ1) is 17.9. The van der Waals surface area contributed by atoms with Crippen LogP contribution in [-0.2, 0) is 28.7 Å². The number of allylic oxidation sites excluding steroid dienone is 2. The highest BCUT2D eigenvalue weighted by molar-refractivity contribution is 14.1. The lowest BCUT2D eigenvalue weighted by molar-refractivity contribution is -0.153. The normalized spacial score (nSPS) is 25.8. The lowest BCUT2D eigenvalue weighted by Crippen LogP contribution is -2.57. The summed E-state index contributed by atoms with van der Waals surface area (Å²) in [4.78, 5) is 65.2. The van der Waals surface area contributed by atoms with E-state index in [9.17, 15) is 24.0 Å². The summed E-state index contributed by atoms with van der Waals surface area (Å²) in [5.41, 5.74) is -0.117. The van der Waals surface area contributed by atoms with Crippen LogP contribution in [0.25, 0.3) is 0 Å². The minimum atomic E-state index is -1.13. The molecule has 1 fully saturated rings. The first-order valence-electron chi connectivity index (χ1n) is 12.2. The third-order valence-corrected chi connectivity index (χ3v) is 7.39. The minimum absolute atomic E-state index is 0.0132. The molecular weight excluding hydrogens is 647 g/mol. The van der Waals surface area contributed by atoms with Crippen LogP contribution in [0.15, 0.2) is 23.9 Å². The van der Waals surface area contributed by atoms with Crippen LogP contribution in [0, 0.1) is 11.8 Å². The molecule has 1 aliphatic rings. The molecule has 1 heterocycles. The average molecular weight is 685 g/mol. The lowest BCUT2D eigenvalue weighted by atomic mass is 10.0. The van der Waals surface area contributed by atoms with Crippen LogP contribution in [-0.4, -0.2) is 68.6 Å². The van der Waals surface area contributed by atoms with Crippen LogP contribution in [0.1, 0.15) is 47.5 Å². The second-order valence-electron chi connectivity index (χ2n) is 9.18. The molecule has 0 unspecified atom stereocenters. The van der Waals surface area contributed by atoms with E-state index < -0.39 is 53.8 Å². The number of cyclic esters (lactones) is 1. The zero-order chi connectivity index (χ0) is 28.8. The van der Waals surface area contributed by atoms with Crippen molar-refractivity contribution in [1.82, 2.24) is 21.3 Å². The van der Waals surface area contributed by atoms with Gasteiger partial charge in [-0.25, -0.2) is 4.79 Å². The standard InChI is InChI=1S/C24H37IN4O7S2/c1-6-16-21(31)29-20(14(4)5)24(34)36-15(9-7-8-10-25)11-18(30)28-19(13(2)3)23(33)27-17(12-37-38-35)22(32)26-16/h6-7,9,13-15,17,19-20,35H,8,10-12H2,1-5H3,(H,26,32)(H,27,33)(H,28,30)(H,29,31)/b9-7+,16-6-/t15-,17-,19-,20+/m1/s1. The number of alkyl halides is 1. The number of hydrogen-bond donors (Lipinski definition) is 5. The van der Waals surface area contributed by atoms with Crippen LogP contribution in [0.4, 0.5) is 0 Å². The Morgan fingerprint density at radius 1 is 1.03 bits per heavy atom. The van der Waals surface area contributed by atoms with Crippen LogP contribution in [0.3, 0.4) is 0 Å². The molecule has 0 bridgehead atoms. The number of esters is 1. The van der Waals surface area contributed by atoms with Crippen LogP contribution in [0.2, 0.25) is 0 Å². The number of hydrogen-bond acceptors (Lipinski definition) is 9. The highest BCUT2D eigenvalue weighted by Crippen LogP contribution is 2.18. The van der Waals surface area contributed by atoms with Crippen molar-refractivity contribution in [3.8, 4) is 0 Å². The van der Waals surface area contributed by atoms with Gasteiger partial charge >= 0.3 is 5.97 Å². The van der Waals surface area contributed by atoms with Crippen LogP contribution < -0.4 is 21.3 Å². The molecule has 214 valence electrons. The Hall–Kier alpha value is -1.78. The molecule has 14 heteroatoms. The minimum Gasteiger partial charge on any atom is -0.456 e. The zero-order valence-electron chi connectivity index (χ0n) is 22.1. The molecule has 38 heavy (non-hydrogen) atoms. The Bertz CT molecular complexity index is 914. The van der Waals surface area contributed by atoms with Gasteiger partial charge in [-0.2, -0.15) is 0 Å². The van der Waals surface area contributed by atoms with Crippen molar-refractivity contribution >= 4 is 74.1 Å². The summed E-state index contributed by atoms with van der Waals surface area (Å²) < 4.78 is 15.6. The van der Waals surface area contributed by atoms with Crippen molar-refractivity contribution < 1.29 is 33.3 Å². The molecule has 1 saturated heterocycles. The van der Waals surface area contributed by atoms with Gasteiger partial charge in [-0.05, 0) is 31.3 Å². The van der Waals surface area contributed by atoms with E-state index in [2.05, 4.69) is 43.9 Å². The Kier molecular flexibility index (Phi) is 16.0. The van der Waals surface area contributed by atoms with Gasteiger partial charge in [-0.1, -0.05) is 73.2 Å². The van der Waals surface area contributed by atoms with Crippen LogP contribution >= 0.6 is 44.5 Å². The summed E-state index contributed by atoms with van der Waals surface area (Å²) in [5, 5.41) is 10.4. The van der Waals surface area contributed by atoms with Gasteiger partial charge in [0.05, 0.1) is 17.5 Å². The maximum atomic E-state index is 13.1. The van der Waals surface area contributed by atoms with Crippen molar-refractivity contribution in [2.45, 2.75) is 71.7 Å². The van der Waals surface area contributed by atoms with E-state index in [0.717, 1.165) is 15.2 Å². The summed E-state index contributed by atoms with van der Waals surface area (Å²) in [6.07, 6.45) is 4.35. The zero-order valence-corrected chi connectivity index (χ0v) is 25.9. The molecule has 0 aromatic heterocycles. The smallest absolute Gasteiger partial charge is 0.329 e. The molecule has 5 N–H and O–H groups in total. The van der Waals surface area contributed by atoms with E-state index in [1.807, 2.05) is 0 Å². The third kappa shape index (κ3) is 11.5. The van der Waals surface area contributed by atoms with Gasteiger partial charge in [0.2, 0.25) is 17.7 Å². The fourth-order valence-corrected chi connectivity index (χ4v) is 4.75. The van der Waals surface area contributed by atoms with E-state index in [1.165, 1.54) is 6.08 Å². The Morgan fingerprint density at radius 2 is 1.68 bits per heavy atom. The molecule has 1 rings (SSSR count). The first-order valence-corrected chi connectivity index (χ1v) is 16.0. The first kappa shape index (κ1) is 34.2. The SMILES string of the molecule is C/C=C1\NC(=O)[C@@H](CSSO)NC(=O)[C@@H](C(C)C)NC(=O)C[C@@H](/C=C/CCI)OC(=O)[C@H](C(C)C)NC1=O. The van der Waals surface area contributed by atoms with E-state index in [4.69, 9.17) is 9.29 Å². The number of nitrogens with one attached hydrogen (secondary N) is 4. The average Bonchev–Trinajstić information content (AvgIpc) is 2.85. The maximum Gasteiger partial charge on any atom is 0.329 e. The van der Waals surface area contributed by atoms with Gasteiger partial charge in [-0.15, -0.1) is 0 Å². The number of ether oxygens (including phenoxy) is 1. The number of carbonyl (C=O) groups excluding carboxylic acids is 5. The summed E-state index contributed by atoms with van der Waals surface area (Å²) in [5.74, 6) is -3.98. The summed E-state index contributed by atoms with van der Waals surface area (Å²) in [6.45, 7) is 8.48. The molecule has 11 nitrogen and oxygen atoms in total. The van der Waals surface area contributed by atoms with E-state index in [-0.39, 0.29) is 29.7 Å². The number of halogens is 1. The summed E-state index contributed by atoms with van der Waals surface area (Å²) >= 11 is 2.63. The topological polar surface area (TPSA) is 163 Å². The molecule has 1 aliphatic heterocycles. The highest BCUT2D eigenvalue weighted by Gasteiger charge is 2.33. The summed E-state index contributed by atoms with van der Waals surface area (Å²) in [6, 6.07) is -3.16. The van der Waals surface area contributed by atoms with Gasteiger partial charge in [0.25, 0.3) is 5.91 Å². The molecule has 0 saturated carbocycles. The molecule has 0 radical (unpaired) electrons. The lowest BCUT2D eigenvalue weighted by Gasteiger charge is -2.27. The second-order valence-corrected chi connectivity index (χ2v) is 12.1. The summed E-state index contributed by atoms with van der Waals surface area (Å²) in [7, 11) is 0.925. The van der Waals surface area contributed by atoms with E-state index in [0.29, 0.717) is 17.5 Å². The van der Waals surface area contributed by atoms with Crippen molar-refractivity contribution in [2.24, 2.45) is 11.8 Å². The Morgan fingerprint density at radius 3 is 2.24 bits per heavy atom. The maximum absolute atomic E-state index is 13.1. The second kappa shape index (κ2) is 17.7. The number of amides is 4. The quantitative estimate of drug-likeness (QED) is 0.0492. The Balaban J connectivity index is 3.47. The molecule has 0 aliphatic carbocycles. The number of carbonyl (C=O) groups is 5. The van der Waals surface area contributed by atoms with Crippen molar-refractivity contribution in [1.29, 1.82) is 0 Å². The molecule has 0 spiro atoms. The fraction of sp³-hybridized carbons (Fsp3) is 0.625. The predicted octanol–water partition coefficient (Wildman–Crippen LogP) is 2.32. The van der Waals surface area contributed by atoms with Gasteiger partial charge in [0.15, 0.2) is 0 Å². The van der Waals surface area contributed by atoms with Crippen molar-refractivity contribution in [2.75, 3.05) is 10.2 Å². The van der Waals surface area contributed by atoms with Crippen LogP contribution in [0.5, 0.6) is 0 Å². The van der Waals surface area contributed by atoms with Gasteiger partial charge < -0.3 is 30.6 Å². The predicted molar refractivity (Wildman–Crippen MR) is 157 cm³/mol. The molecular formula is C24H37IN4O7S2. The fourth-order valence-electron chi connectivity index (χ4n) is 3.37. The molecule has 0 aromatic carbocycles. The largest absolute Gasteiger partial charge is 0.456 e. The molecule has 4 atom stereocenters. The number of rotatable bonds is 8. The Labute approximate surface area is 245 Å². The monoisotopic (exact) mass is 684 g/mol. The third-order valence-electron chi connectivity index (χ3n) is 5.47. The van der Waals surface area contributed by atoms with Crippen molar-refractivity contribution in [3.05, 3.63) is 23.9 Å². The van der Waals surface area contributed by atoms with Gasteiger partial charge in [0.1, 0.15) is 29.9 Å². The van der Waals surface area contributed by atoms with E-state index in [1.54, 1.807) is 46.8 Å². The van der Waals surface area contributed by atoms with E-state index >= 15 is 0 Å². The highest BCUT2D eigenvalue weighted by atomic mass is 127. The van der Waals surface area contributed by atoms with Gasteiger partial charge in [0, 0.05) is 10.2 Å². The van der Waals surface area contributed by atoms with Crippen molar-refractivity contribution in [3.63, 3.8) is 0 Å². The van der Waals surface area contributed by atoms with Gasteiger partial charge in [-0.3, -0.25) is 19.2 Å². The molecule has 4 amide bonds.